The van der Waals surface area contributed by atoms with E-state index in [2.05, 4.69) is 29.4 Å². The smallest absolute Gasteiger partial charge is 0.322 e. The zero-order valence-electron chi connectivity index (χ0n) is 13.2. The molecule has 122 valence electrons. The highest BCUT2D eigenvalue weighted by Gasteiger charge is 2.09. The zero-order valence-corrected chi connectivity index (χ0v) is 13.2. The van der Waals surface area contributed by atoms with Crippen LogP contribution in [0.5, 0.6) is 0 Å². The van der Waals surface area contributed by atoms with E-state index in [4.69, 9.17) is 10.4 Å². The van der Waals surface area contributed by atoms with Gasteiger partial charge in [0.2, 0.25) is 0 Å². The average Bonchev–Trinajstić information content (AvgIpc) is 2.55. The lowest BCUT2D eigenvalue weighted by atomic mass is 10.2. The van der Waals surface area contributed by atoms with Crippen molar-refractivity contribution in [3.05, 3.63) is 36.0 Å². The first kappa shape index (κ1) is 18.0. The van der Waals surface area contributed by atoms with Crippen LogP contribution in [0.4, 0.5) is 11.4 Å². The first-order valence-corrected chi connectivity index (χ1v) is 7.23. The molecule has 3 N–H and O–H groups in total. The van der Waals surface area contributed by atoms with Crippen LogP contribution in [0.1, 0.15) is 13.8 Å². The molecular weight excluding hydrogens is 296 g/mol. The van der Waals surface area contributed by atoms with Gasteiger partial charge in [-0.3, -0.25) is 9.59 Å². The molecule has 0 heterocycles. The van der Waals surface area contributed by atoms with Gasteiger partial charge in [0.1, 0.15) is 18.2 Å². The maximum absolute atomic E-state index is 11.6. The summed E-state index contributed by atoms with van der Waals surface area (Å²) >= 11 is 0. The Labute approximate surface area is 135 Å². The molecule has 1 rings (SSSR count). The maximum Gasteiger partial charge on any atom is 0.322 e. The Bertz CT molecular complexity index is 613. The topological polar surface area (TPSA) is 105 Å². The fourth-order valence-corrected chi connectivity index (χ4v) is 1.91. The van der Waals surface area contributed by atoms with Crippen molar-refractivity contribution in [2.45, 2.75) is 13.8 Å². The number of carboxylic acids is 1. The van der Waals surface area contributed by atoms with Crippen molar-refractivity contribution >= 4 is 23.3 Å². The van der Waals surface area contributed by atoms with Gasteiger partial charge in [-0.2, -0.15) is 5.26 Å². The number of amides is 1. The van der Waals surface area contributed by atoms with Crippen molar-refractivity contribution < 1.29 is 14.7 Å². The molecule has 7 heteroatoms. The Hall–Kier alpha value is -3.01. The summed E-state index contributed by atoms with van der Waals surface area (Å²) in [6.45, 7) is 5.44. The van der Waals surface area contributed by atoms with E-state index < -0.39 is 18.4 Å². The molecule has 0 bridgehead atoms. The number of hydrogen-bond acceptors (Lipinski definition) is 5. The number of nitrogens with one attached hydrogen (secondary N) is 2. The lowest BCUT2D eigenvalue weighted by Crippen LogP contribution is -2.30. The fourth-order valence-electron chi connectivity index (χ4n) is 1.91. The van der Waals surface area contributed by atoms with Crippen molar-refractivity contribution in [1.82, 2.24) is 5.32 Å². The number of carbonyl (C=O) groups is 2. The van der Waals surface area contributed by atoms with Crippen LogP contribution in [-0.4, -0.2) is 36.6 Å². The maximum atomic E-state index is 11.6. The molecule has 0 aromatic heterocycles. The van der Waals surface area contributed by atoms with Crippen LogP contribution < -0.4 is 15.5 Å². The van der Waals surface area contributed by atoms with Crippen molar-refractivity contribution in [3.63, 3.8) is 0 Å². The highest BCUT2D eigenvalue weighted by Crippen LogP contribution is 2.17. The molecule has 0 aliphatic carbocycles. The van der Waals surface area contributed by atoms with Crippen molar-refractivity contribution in [2.75, 3.05) is 29.9 Å². The standard InChI is InChI=1S/C16H20N4O3/c1-3-20(4-2)14-7-5-13(6-8-14)18-10-12(9-17)16(23)19-11-15(21)22/h5-8,10,18H,3-4,11H2,1-2H3,(H,19,23)(H,21,22)/b12-10-. The van der Waals surface area contributed by atoms with Crippen LogP contribution in [-0.2, 0) is 9.59 Å². The minimum Gasteiger partial charge on any atom is -0.480 e. The summed E-state index contributed by atoms with van der Waals surface area (Å²) in [6, 6.07) is 9.30. The van der Waals surface area contributed by atoms with Gasteiger partial charge in [-0.05, 0) is 38.1 Å². The van der Waals surface area contributed by atoms with Crippen LogP contribution in [0.3, 0.4) is 0 Å². The second-order valence-corrected chi connectivity index (χ2v) is 4.61. The summed E-state index contributed by atoms with van der Waals surface area (Å²) in [5, 5.41) is 22.4. The van der Waals surface area contributed by atoms with Crippen LogP contribution in [0.15, 0.2) is 36.0 Å². The van der Waals surface area contributed by atoms with E-state index in [0.717, 1.165) is 24.5 Å². The van der Waals surface area contributed by atoms with Gasteiger partial charge in [-0.25, -0.2) is 0 Å². The molecule has 0 radical (unpaired) electrons. The Morgan fingerprint density at radius 3 is 2.35 bits per heavy atom. The van der Waals surface area contributed by atoms with Crippen LogP contribution in [0.25, 0.3) is 0 Å². The number of carbonyl (C=O) groups excluding carboxylic acids is 1. The summed E-state index contributed by atoms with van der Waals surface area (Å²) in [5.41, 5.74) is 1.61. The second kappa shape index (κ2) is 9.10. The molecule has 0 saturated carbocycles. The predicted octanol–water partition coefficient (Wildman–Crippen LogP) is 1.55. The molecule has 7 nitrogen and oxygen atoms in total. The number of anilines is 2. The van der Waals surface area contributed by atoms with Gasteiger partial charge in [-0.15, -0.1) is 0 Å². The van der Waals surface area contributed by atoms with E-state index in [0.29, 0.717) is 0 Å². The number of carboxylic acid groups (broad SMARTS) is 1. The molecular formula is C16H20N4O3. The minimum atomic E-state index is -1.17. The molecule has 0 atom stereocenters. The normalized spacial score (nSPS) is 10.6. The number of benzene rings is 1. The Kier molecular flexibility index (Phi) is 7.14. The molecule has 23 heavy (non-hydrogen) atoms. The molecule has 0 saturated heterocycles. The largest absolute Gasteiger partial charge is 0.480 e. The van der Waals surface area contributed by atoms with Crippen LogP contribution in [0, 0.1) is 11.3 Å². The van der Waals surface area contributed by atoms with Crippen molar-refractivity contribution in [2.24, 2.45) is 0 Å². The molecule has 0 aliphatic rings. The van der Waals surface area contributed by atoms with Crippen LogP contribution >= 0.6 is 0 Å². The van der Waals surface area contributed by atoms with E-state index in [-0.39, 0.29) is 5.57 Å². The van der Waals surface area contributed by atoms with Gasteiger partial charge in [0, 0.05) is 30.7 Å². The lowest BCUT2D eigenvalue weighted by molar-refractivity contribution is -0.137. The van der Waals surface area contributed by atoms with Gasteiger partial charge < -0.3 is 20.6 Å². The first-order chi connectivity index (χ1) is 11.0. The van der Waals surface area contributed by atoms with Gasteiger partial charge in [0.15, 0.2) is 0 Å². The Morgan fingerprint density at radius 2 is 1.87 bits per heavy atom. The summed E-state index contributed by atoms with van der Waals surface area (Å²) < 4.78 is 0. The summed E-state index contributed by atoms with van der Waals surface area (Å²) in [4.78, 5) is 24.2. The van der Waals surface area contributed by atoms with E-state index in [9.17, 15) is 9.59 Å². The Balaban J connectivity index is 2.72. The molecule has 1 amide bonds. The highest BCUT2D eigenvalue weighted by molar-refractivity contribution is 5.98. The number of nitriles is 1. The average molecular weight is 316 g/mol. The first-order valence-electron chi connectivity index (χ1n) is 7.23. The second-order valence-electron chi connectivity index (χ2n) is 4.61. The fraction of sp³-hybridized carbons (Fsp3) is 0.312. The van der Waals surface area contributed by atoms with Gasteiger partial charge in [0.25, 0.3) is 5.91 Å². The number of rotatable bonds is 8. The van der Waals surface area contributed by atoms with E-state index >= 15 is 0 Å². The van der Waals surface area contributed by atoms with Gasteiger partial charge in [0.05, 0.1) is 0 Å². The molecule has 1 aromatic rings. The monoisotopic (exact) mass is 316 g/mol. The molecule has 0 spiro atoms. The zero-order chi connectivity index (χ0) is 17.2. The lowest BCUT2D eigenvalue weighted by Gasteiger charge is -2.21. The van der Waals surface area contributed by atoms with Crippen molar-refractivity contribution in [1.29, 1.82) is 5.26 Å². The van der Waals surface area contributed by atoms with E-state index in [1.807, 2.05) is 24.3 Å². The number of nitrogens with zero attached hydrogens (tertiary/aromatic N) is 2. The number of aliphatic carboxylic acids is 1. The molecule has 0 fully saturated rings. The molecule has 0 aliphatic heterocycles. The SMILES string of the molecule is CCN(CC)c1ccc(N/C=C(/C#N)C(=O)NCC(=O)O)cc1. The summed E-state index contributed by atoms with van der Waals surface area (Å²) in [6.07, 6.45) is 1.25. The van der Waals surface area contributed by atoms with Crippen molar-refractivity contribution in [3.8, 4) is 6.07 Å². The summed E-state index contributed by atoms with van der Waals surface area (Å²) in [7, 11) is 0. The van der Waals surface area contributed by atoms with Crippen LogP contribution in [0.2, 0.25) is 0 Å². The number of hydrogen-bond donors (Lipinski definition) is 3. The van der Waals surface area contributed by atoms with Gasteiger partial charge in [-0.1, -0.05) is 0 Å². The minimum absolute atomic E-state index is 0.195. The quantitative estimate of drug-likeness (QED) is 0.496. The Morgan fingerprint density at radius 1 is 1.26 bits per heavy atom. The third-order valence-corrected chi connectivity index (χ3v) is 3.14. The van der Waals surface area contributed by atoms with Gasteiger partial charge >= 0.3 is 5.97 Å². The van der Waals surface area contributed by atoms with E-state index in [1.54, 1.807) is 6.07 Å². The highest BCUT2D eigenvalue weighted by atomic mass is 16.4. The molecule has 1 aromatic carbocycles. The molecule has 0 unspecified atom stereocenters. The van der Waals surface area contributed by atoms with E-state index in [1.165, 1.54) is 6.20 Å². The third-order valence-electron chi connectivity index (χ3n) is 3.14. The predicted molar refractivity (Wildman–Crippen MR) is 88.0 cm³/mol. The summed E-state index contributed by atoms with van der Waals surface area (Å²) in [5.74, 6) is -1.90. The third kappa shape index (κ3) is 5.71.